The van der Waals surface area contributed by atoms with Gasteiger partial charge in [-0.2, -0.15) is 0 Å². The molecule has 1 saturated carbocycles. The molecule has 5 nitrogen and oxygen atoms in total. The van der Waals surface area contributed by atoms with E-state index in [-0.39, 0.29) is 30.1 Å². The Hall–Kier alpha value is -1.02. The van der Waals surface area contributed by atoms with Crippen molar-refractivity contribution < 1.29 is 4.74 Å². The average molecular weight is 486 g/mol. The molecule has 1 atom stereocenters. The highest BCUT2D eigenvalue weighted by Gasteiger charge is 2.31. The summed E-state index contributed by atoms with van der Waals surface area (Å²) in [6.45, 7) is 8.25. The molecule has 0 bridgehead atoms. The van der Waals surface area contributed by atoms with E-state index in [1.54, 1.807) is 0 Å². The van der Waals surface area contributed by atoms with Gasteiger partial charge in [0.05, 0.1) is 6.54 Å². The summed E-state index contributed by atoms with van der Waals surface area (Å²) in [4.78, 5) is 7.45. The molecule has 27 heavy (non-hydrogen) atoms. The highest BCUT2D eigenvalue weighted by Crippen LogP contribution is 2.29. The number of ether oxygens (including phenoxy) is 1. The van der Waals surface area contributed by atoms with Crippen molar-refractivity contribution in [1.82, 2.24) is 15.5 Å². The molecule has 6 heteroatoms. The minimum Gasteiger partial charge on any atom is -0.489 e. The maximum Gasteiger partial charge on any atom is 0.191 e. The van der Waals surface area contributed by atoms with E-state index in [2.05, 4.69) is 29.4 Å². The van der Waals surface area contributed by atoms with Gasteiger partial charge in [-0.25, -0.2) is 4.99 Å². The van der Waals surface area contributed by atoms with E-state index in [0.29, 0.717) is 12.6 Å². The summed E-state index contributed by atoms with van der Waals surface area (Å²) in [6, 6.07) is 11.4. The Bertz CT molecular complexity index is 557. The van der Waals surface area contributed by atoms with E-state index >= 15 is 0 Å². The lowest BCUT2D eigenvalue weighted by Gasteiger charge is -2.33. The van der Waals surface area contributed by atoms with Crippen LogP contribution < -0.4 is 15.4 Å². The summed E-state index contributed by atoms with van der Waals surface area (Å²) in [5.41, 5.74) is 0. The molecule has 1 aromatic carbocycles. The number of benzene rings is 1. The van der Waals surface area contributed by atoms with Crippen molar-refractivity contribution in [2.24, 2.45) is 4.99 Å². The van der Waals surface area contributed by atoms with Crippen LogP contribution in [-0.2, 0) is 0 Å². The molecule has 1 unspecified atom stereocenters. The van der Waals surface area contributed by atoms with E-state index in [4.69, 9.17) is 9.73 Å². The van der Waals surface area contributed by atoms with E-state index < -0.39 is 0 Å². The molecule has 0 radical (unpaired) electrons. The first-order valence-corrected chi connectivity index (χ1v) is 10.3. The van der Waals surface area contributed by atoms with Gasteiger partial charge in [0.15, 0.2) is 5.96 Å². The van der Waals surface area contributed by atoms with Gasteiger partial charge in [0.25, 0.3) is 0 Å². The van der Waals surface area contributed by atoms with E-state index in [0.717, 1.165) is 30.7 Å². The van der Waals surface area contributed by atoms with Gasteiger partial charge in [0.1, 0.15) is 11.9 Å². The summed E-state index contributed by atoms with van der Waals surface area (Å²) < 4.78 is 6.06. The third kappa shape index (κ3) is 7.49. The van der Waals surface area contributed by atoms with Crippen molar-refractivity contribution in [3.63, 3.8) is 0 Å². The standard InChI is InChI=1S/C21H34N4O.HI/c1-3-19(26-20-8-6-5-7-9-20)16-23-21(22-4-2)24-17-12-14-25(15-13-17)18-10-11-18;/h5-9,17-19H,3-4,10-16H2,1-2H3,(H2,22,23,24);1H. The topological polar surface area (TPSA) is 48.9 Å². The van der Waals surface area contributed by atoms with Crippen LogP contribution in [0.4, 0.5) is 0 Å². The van der Waals surface area contributed by atoms with Gasteiger partial charge < -0.3 is 20.3 Å². The van der Waals surface area contributed by atoms with Gasteiger partial charge in [0, 0.05) is 31.7 Å². The highest BCUT2D eigenvalue weighted by atomic mass is 127. The molecule has 1 aliphatic carbocycles. The van der Waals surface area contributed by atoms with Crippen LogP contribution in [0.2, 0.25) is 0 Å². The normalized spacial score (nSPS) is 19.9. The fourth-order valence-corrected chi connectivity index (χ4v) is 3.50. The summed E-state index contributed by atoms with van der Waals surface area (Å²) >= 11 is 0. The number of nitrogens with zero attached hydrogens (tertiary/aromatic N) is 2. The van der Waals surface area contributed by atoms with Crippen molar-refractivity contribution in [3.8, 4) is 5.75 Å². The molecule has 1 aliphatic heterocycles. The van der Waals surface area contributed by atoms with Crippen LogP contribution in [0.5, 0.6) is 5.75 Å². The number of guanidine groups is 1. The first-order valence-electron chi connectivity index (χ1n) is 10.3. The lowest BCUT2D eigenvalue weighted by molar-refractivity contribution is 0.196. The van der Waals surface area contributed by atoms with Gasteiger partial charge in [-0.05, 0) is 51.2 Å². The molecule has 0 spiro atoms. The number of hydrogen-bond donors (Lipinski definition) is 2. The molecule has 1 saturated heterocycles. The van der Waals surface area contributed by atoms with Gasteiger partial charge in [-0.15, -0.1) is 24.0 Å². The second kappa shape index (κ2) is 11.7. The Morgan fingerprint density at radius 1 is 1.15 bits per heavy atom. The zero-order valence-corrected chi connectivity index (χ0v) is 19.0. The quantitative estimate of drug-likeness (QED) is 0.335. The molecule has 2 fully saturated rings. The first-order chi connectivity index (χ1) is 12.8. The molecule has 152 valence electrons. The number of aliphatic imine (C=N–C) groups is 1. The monoisotopic (exact) mass is 486 g/mol. The number of piperidine rings is 1. The number of rotatable bonds is 8. The number of halogens is 1. The predicted molar refractivity (Wildman–Crippen MR) is 123 cm³/mol. The molecule has 1 heterocycles. The largest absolute Gasteiger partial charge is 0.489 e. The van der Waals surface area contributed by atoms with Crippen molar-refractivity contribution in [2.75, 3.05) is 26.2 Å². The smallest absolute Gasteiger partial charge is 0.191 e. The zero-order chi connectivity index (χ0) is 18.2. The molecule has 0 amide bonds. The van der Waals surface area contributed by atoms with Crippen molar-refractivity contribution in [3.05, 3.63) is 30.3 Å². The van der Waals surface area contributed by atoms with Crippen LogP contribution in [-0.4, -0.2) is 55.2 Å². The summed E-state index contributed by atoms with van der Waals surface area (Å²) in [5, 5.41) is 7.03. The summed E-state index contributed by atoms with van der Waals surface area (Å²) in [6.07, 6.45) is 6.27. The maximum atomic E-state index is 6.06. The highest BCUT2D eigenvalue weighted by molar-refractivity contribution is 14.0. The molecular formula is C21H35IN4O. The van der Waals surface area contributed by atoms with Gasteiger partial charge in [0.2, 0.25) is 0 Å². The fourth-order valence-electron chi connectivity index (χ4n) is 3.50. The van der Waals surface area contributed by atoms with Gasteiger partial charge >= 0.3 is 0 Å². The lowest BCUT2D eigenvalue weighted by Crippen LogP contribution is -2.49. The van der Waals surface area contributed by atoms with Crippen molar-refractivity contribution in [2.45, 2.75) is 64.1 Å². The van der Waals surface area contributed by atoms with Crippen LogP contribution in [0.25, 0.3) is 0 Å². The summed E-state index contributed by atoms with van der Waals surface area (Å²) in [5.74, 6) is 1.84. The summed E-state index contributed by atoms with van der Waals surface area (Å²) in [7, 11) is 0. The Labute approximate surface area is 181 Å². The van der Waals surface area contributed by atoms with Gasteiger partial charge in [-0.3, -0.25) is 0 Å². The molecule has 1 aromatic rings. The van der Waals surface area contributed by atoms with Crippen LogP contribution in [0, 0.1) is 0 Å². The Balaban J connectivity index is 0.00000261. The molecule has 2 aliphatic rings. The van der Waals surface area contributed by atoms with E-state index in [1.165, 1.54) is 38.8 Å². The molecule has 0 aromatic heterocycles. The van der Waals surface area contributed by atoms with Crippen LogP contribution in [0.3, 0.4) is 0 Å². The predicted octanol–water partition coefficient (Wildman–Crippen LogP) is 3.64. The Kier molecular flexibility index (Phi) is 9.68. The Morgan fingerprint density at radius 3 is 2.44 bits per heavy atom. The van der Waals surface area contributed by atoms with Crippen molar-refractivity contribution >= 4 is 29.9 Å². The SMILES string of the molecule is CCNC(=NCC(CC)Oc1ccccc1)NC1CCN(C2CC2)CC1.I. The second-order valence-corrected chi connectivity index (χ2v) is 7.37. The molecule has 3 rings (SSSR count). The number of para-hydroxylation sites is 1. The number of likely N-dealkylation sites (tertiary alicyclic amines) is 1. The Morgan fingerprint density at radius 2 is 1.85 bits per heavy atom. The third-order valence-corrected chi connectivity index (χ3v) is 5.23. The lowest BCUT2D eigenvalue weighted by atomic mass is 10.1. The molecule has 2 N–H and O–H groups in total. The zero-order valence-electron chi connectivity index (χ0n) is 16.7. The first kappa shape index (κ1) is 22.3. The van der Waals surface area contributed by atoms with Crippen LogP contribution in [0.1, 0.15) is 46.0 Å². The maximum absolute atomic E-state index is 6.06. The van der Waals surface area contributed by atoms with E-state index in [1.807, 2.05) is 30.3 Å². The van der Waals surface area contributed by atoms with Crippen LogP contribution >= 0.6 is 24.0 Å². The van der Waals surface area contributed by atoms with Gasteiger partial charge in [-0.1, -0.05) is 25.1 Å². The molecular weight excluding hydrogens is 451 g/mol. The van der Waals surface area contributed by atoms with Crippen molar-refractivity contribution in [1.29, 1.82) is 0 Å². The minimum absolute atomic E-state index is 0. The fraction of sp³-hybridized carbons (Fsp3) is 0.667. The van der Waals surface area contributed by atoms with Crippen LogP contribution in [0.15, 0.2) is 35.3 Å². The number of nitrogens with one attached hydrogen (secondary N) is 2. The second-order valence-electron chi connectivity index (χ2n) is 7.37. The average Bonchev–Trinajstić information content (AvgIpc) is 3.52. The number of hydrogen-bond acceptors (Lipinski definition) is 3. The van der Waals surface area contributed by atoms with E-state index in [9.17, 15) is 0 Å². The minimum atomic E-state index is 0. The third-order valence-electron chi connectivity index (χ3n) is 5.23.